The quantitative estimate of drug-likeness (QED) is 0.0452. The number of amides is 1. The van der Waals surface area contributed by atoms with Crippen LogP contribution in [0.5, 0.6) is 0 Å². The molecule has 40 atom stereocenters. The number of nitrogens with one attached hydrogen (secondary N) is 1. The molecule has 26 N–H and O–H groups in total. The van der Waals surface area contributed by atoms with Gasteiger partial charge in [0.05, 0.1) is 52.9 Å². The average molecular weight is 1360 g/mol. The summed E-state index contributed by atoms with van der Waals surface area (Å²) in [5, 5.41) is 272. The summed E-state index contributed by atoms with van der Waals surface area (Å²) in [6.45, 7) is -6.94. The molecule has 0 aromatic heterocycles. The van der Waals surface area contributed by atoms with Gasteiger partial charge in [-0.3, -0.25) is 4.79 Å². The number of hydrogen-bond acceptors (Lipinski definition) is 41. The van der Waals surface area contributed by atoms with Crippen molar-refractivity contribution < 1.29 is 204 Å². The molecular formula is C50H85NO41. The fourth-order valence-electron chi connectivity index (χ4n) is 11.5. The second kappa shape index (κ2) is 32.7. The van der Waals surface area contributed by atoms with E-state index in [9.17, 15) is 132 Å². The number of carbonyl (C=O) groups excluding carboxylic acids is 1. The van der Waals surface area contributed by atoms with Crippen LogP contribution in [-0.2, 0) is 75.8 Å². The normalized spacial score (nSPS) is 52.2. The minimum Gasteiger partial charge on any atom is -0.394 e. The Bertz CT molecular complexity index is 2260. The SMILES string of the molecule is CC(=O)N[C@H]1C(O)O[C@H](CO)[C@@H](O[C@@H]2O[C@H](CO[C@H]3O[C@H](CO[C@H]4O[C@H](CO[C@H]5O[C@H](CO)[C@@H](O)[C@H](O)[C@@H]5O)[C@@H](O)[C@H](O)[C@@H]4O)[C@@H](O)[C@H](O[C@H]4O[C@H](CO)[C@@H](O)[C@H](O)[C@@H]4O)[C@@H]3O)[C@@H](O)[C@H](O[C@H]3O[C@H](CO)[C@@H](O)[C@H](O)[C@@H]3O[C@H]3O[C@H](CO)[C@@H](O)[C@H](O)[C@@H]3O)[C@@H]2O)[C@@H]1O. The molecular weight excluding hydrogens is 1270 g/mol. The Morgan fingerprint density at radius 3 is 0.978 bits per heavy atom. The molecule has 8 aliphatic rings. The average Bonchev–Trinajstić information content (AvgIpc) is 0.790. The monoisotopic (exact) mass is 1360 g/mol. The van der Waals surface area contributed by atoms with E-state index < -0.39 is 304 Å². The fraction of sp³-hybridized carbons (Fsp3) is 0.980. The van der Waals surface area contributed by atoms with Crippen molar-refractivity contribution in [2.45, 2.75) is 253 Å². The number of hydrogen-bond donors (Lipinski definition) is 26. The number of aliphatic hydroxyl groups excluding tert-OH is 25. The lowest BCUT2D eigenvalue weighted by molar-refractivity contribution is -0.397. The lowest BCUT2D eigenvalue weighted by Crippen LogP contribution is -2.69. The first-order valence-electron chi connectivity index (χ1n) is 29.2. The smallest absolute Gasteiger partial charge is 0.217 e. The zero-order valence-electron chi connectivity index (χ0n) is 48.5. The fourth-order valence-corrected chi connectivity index (χ4v) is 11.5. The maximum Gasteiger partial charge on any atom is 0.217 e. The molecule has 0 radical (unpaired) electrons. The van der Waals surface area contributed by atoms with E-state index in [1.807, 2.05) is 0 Å². The molecule has 1 amide bonds. The first-order valence-corrected chi connectivity index (χ1v) is 29.2. The van der Waals surface area contributed by atoms with Gasteiger partial charge >= 0.3 is 0 Å². The molecule has 8 aliphatic heterocycles. The van der Waals surface area contributed by atoms with Gasteiger partial charge in [0, 0.05) is 6.92 Å². The van der Waals surface area contributed by atoms with Gasteiger partial charge in [-0.2, -0.15) is 0 Å². The van der Waals surface area contributed by atoms with E-state index in [1.165, 1.54) is 0 Å². The van der Waals surface area contributed by atoms with Gasteiger partial charge in [-0.25, -0.2) is 0 Å². The molecule has 92 heavy (non-hydrogen) atoms. The molecule has 42 heteroatoms. The largest absolute Gasteiger partial charge is 0.394 e. The van der Waals surface area contributed by atoms with Crippen molar-refractivity contribution in [3.63, 3.8) is 0 Å². The Morgan fingerprint density at radius 2 is 0.565 bits per heavy atom. The molecule has 8 rings (SSSR count). The predicted octanol–water partition coefficient (Wildman–Crippen LogP) is -18.3. The van der Waals surface area contributed by atoms with Crippen LogP contribution >= 0.6 is 0 Å². The molecule has 8 fully saturated rings. The summed E-state index contributed by atoms with van der Waals surface area (Å²) in [6, 6.07) is -1.71. The van der Waals surface area contributed by atoms with Gasteiger partial charge in [-0.15, -0.1) is 0 Å². The van der Waals surface area contributed by atoms with E-state index in [1.54, 1.807) is 0 Å². The highest BCUT2D eigenvalue weighted by Gasteiger charge is 2.58. The van der Waals surface area contributed by atoms with Crippen LogP contribution in [0.1, 0.15) is 6.92 Å². The van der Waals surface area contributed by atoms with Gasteiger partial charge < -0.3 is 204 Å². The Kier molecular flexibility index (Phi) is 26.9. The maximum absolute atomic E-state index is 12.2. The standard InChI is InChI=1S/C50H85NO41/c1-10(57)51-19-27(65)39(15(6-56)81-43(19)77)89-49-38(76)41(91-50-42(32(70)23(61)14(5-55)85-50)92-48-36(74)30(68)22(60)13(4-54)84-48)26(64)18(88-49)9-80-46-37(75)40(90-47-35(73)29(67)21(59)12(3-53)83-47)25(63)17(87-46)8-79-45-34(72)31(69)24(62)16(86-45)7-78-44-33(71)28(66)20(58)11(2-52)82-44/h11-50,52-56,58-77H,2-9H2,1H3,(H,51,57)/t11-,12-,13-,14-,15-,16-,17-,18-,19-,20-,21-,22-,23-,24-,25-,26-,27-,28+,29+,30+,31+,32+,33+,34+,35+,36+,37+,38+,39-,40+,41+,42+,43?,44+,45+,46+,47-,48-,49+,50-/m1/s1. The highest BCUT2D eigenvalue weighted by molar-refractivity contribution is 5.73. The van der Waals surface area contributed by atoms with Crippen molar-refractivity contribution in [1.29, 1.82) is 0 Å². The van der Waals surface area contributed by atoms with Crippen molar-refractivity contribution in [2.75, 3.05) is 52.9 Å². The number of rotatable bonds is 23. The van der Waals surface area contributed by atoms with E-state index in [-0.39, 0.29) is 0 Å². The third-order valence-corrected chi connectivity index (χ3v) is 17.0. The molecule has 8 heterocycles. The second-order valence-corrected chi connectivity index (χ2v) is 23.2. The summed E-state index contributed by atoms with van der Waals surface area (Å²) in [6.07, 6.45) is -79.3. The molecule has 0 aliphatic carbocycles. The molecule has 0 spiro atoms. The lowest BCUT2D eigenvalue weighted by atomic mass is 9.95. The Labute approximate surface area is 519 Å². The van der Waals surface area contributed by atoms with Crippen LogP contribution in [0.15, 0.2) is 0 Å². The van der Waals surface area contributed by atoms with Crippen LogP contribution in [0, 0.1) is 0 Å². The maximum atomic E-state index is 12.2. The summed E-state index contributed by atoms with van der Waals surface area (Å²) in [4.78, 5) is 12.2. The minimum absolute atomic E-state index is 0.818. The summed E-state index contributed by atoms with van der Waals surface area (Å²) in [5.41, 5.74) is 0. The Balaban J connectivity index is 1.07. The van der Waals surface area contributed by atoms with Crippen LogP contribution in [0.25, 0.3) is 0 Å². The van der Waals surface area contributed by atoms with Crippen LogP contribution in [0.3, 0.4) is 0 Å². The number of aliphatic hydroxyl groups is 25. The van der Waals surface area contributed by atoms with Crippen LogP contribution in [0.2, 0.25) is 0 Å². The molecule has 1 unspecified atom stereocenters. The topological polar surface area (TPSA) is 673 Å². The highest BCUT2D eigenvalue weighted by atomic mass is 16.8. The third kappa shape index (κ3) is 16.1. The molecule has 536 valence electrons. The van der Waals surface area contributed by atoms with Gasteiger partial charge in [0.1, 0.15) is 195 Å². The van der Waals surface area contributed by atoms with Crippen LogP contribution in [-0.4, -0.2) is 432 Å². The number of carbonyl (C=O) groups is 1. The van der Waals surface area contributed by atoms with E-state index in [2.05, 4.69) is 5.32 Å². The third-order valence-electron chi connectivity index (χ3n) is 17.0. The summed E-state index contributed by atoms with van der Waals surface area (Å²) in [7, 11) is 0. The summed E-state index contributed by atoms with van der Waals surface area (Å²) in [5.74, 6) is -0.818. The van der Waals surface area contributed by atoms with Crippen molar-refractivity contribution in [1.82, 2.24) is 5.32 Å². The minimum atomic E-state index is -2.41. The summed E-state index contributed by atoms with van der Waals surface area (Å²) >= 11 is 0. The molecule has 0 aromatic carbocycles. The van der Waals surface area contributed by atoms with Crippen LogP contribution < -0.4 is 5.32 Å². The van der Waals surface area contributed by atoms with E-state index >= 15 is 0 Å². The van der Waals surface area contributed by atoms with Crippen molar-refractivity contribution in [3.05, 3.63) is 0 Å². The highest BCUT2D eigenvalue weighted by Crippen LogP contribution is 2.38. The molecule has 0 bridgehead atoms. The van der Waals surface area contributed by atoms with Gasteiger partial charge in [-0.05, 0) is 0 Å². The Morgan fingerprint density at radius 1 is 0.283 bits per heavy atom. The van der Waals surface area contributed by atoms with Gasteiger partial charge in [0.15, 0.2) is 50.3 Å². The zero-order valence-corrected chi connectivity index (χ0v) is 48.5. The number of ether oxygens (including phenoxy) is 15. The van der Waals surface area contributed by atoms with Crippen molar-refractivity contribution in [2.24, 2.45) is 0 Å². The van der Waals surface area contributed by atoms with Crippen molar-refractivity contribution >= 4 is 5.91 Å². The molecule has 42 nitrogen and oxygen atoms in total. The lowest BCUT2D eigenvalue weighted by Gasteiger charge is -2.50. The molecule has 8 saturated heterocycles. The first kappa shape index (κ1) is 75.6. The van der Waals surface area contributed by atoms with Crippen LogP contribution in [0.4, 0.5) is 0 Å². The first-order chi connectivity index (χ1) is 43.5. The second-order valence-electron chi connectivity index (χ2n) is 23.2. The molecule has 0 aromatic rings. The predicted molar refractivity (Wildman–Crippen MR) is 276 cm³/mol. The van der Waals surface area contributed by atoms with Crippen molar-refractivity contribution in [3.8, 4) is 0 Å². The van der Waals surface area contributed by atoms with Gasteiger partial charge in [-0.1, -0.05) is 0 Å². The summed E-state index contributed by atoms with van der Waals surface area (Å²) < 4.78 is 85.4. The molecule has 0 saturated carbocycles. The Hall–Kier alpha value is -2.13. The zero-order chi connectivity index (χ0) is 67.6. The van der Waals surface area contributed by atoms with Gasteiger partial charge in [0.25, 0.3) is 0 Å². The van der Waals surface area contributed by atoms with E-state index in [0.29, 0.717) is 0 Å². The van der Waals surface area contributed by atoms with E-state index in [4.69, 9.17) is 71.1 Å². The van der Waals surface area contributed by atoms with Gasteiger partial charge in [0.2, 0.25) is 5.91 Å². The van der Waals surface area contributed by atoms with E-state index in [0.717, 1.165) is 6.92 Å².